The van der Waals surface area contributed by atoms with Crippen molar-refractivity contribution in [2.75, 3.05) is 13.1 Å². The summed E-state index contributed by atoms with van der Waals surface area (Å²) in [4.78, 5) is 14.7. The Hall–Kier alpha value is -0.610. The molecule has 1 unspecified atom stereocenters. The van der Waals surface area contributed by atoms with Gasteiger partial charge in [0.1, 0.15) is 0 Å². The number of nitrogens with zero attached hydrogens (tertiary/aromatic N) is 1. The van der Waals surface area contributed by atoms with Gasteiger partial charge >= 0.3 is 0 Å². The van der Waals surface area contributed by atoms with Crippen molar-refractivity contribution in [3.8, 4) is 0 Å². The largest absolute Gasteiger partial charge is 0.352 e. The van der Waals surface area contributed by atoms with Gasteiger partial charge in [-0.15, -0.1) is 0 Å². The maximum absolute atomic E-state index is 12.3. The highest BCUT2D eigenvalue weighted by atomic mass is 16.2. The monoisotopic (exact) mass is 267 g/mol. The number of nitrogens with two attached hydrogens (primary N) is 1. The number of amides is 1. The lowest BCUT2D eigenvalue weighted by atomic mass is 9.93. The molecule has 0 aliphatic heterocycles. The maximum Gasteiger partial charge on any atom is 0.237 e. The van der Waals surface area contributed by atoms with Crippen molar-refractivity contribution in [2.45, 2.75) is 76.4 Å². The topological polar surface area (TPSA) is 58.4 Å². The van der Waals surface area contributed by atoms with E-state index in [4.69, 9.17) is 5.73 Å². The molecule has 2 fully saturated rings. The molecular formula is C15H29N3O. The summed E-state index contributed by atoms with van der Waals surface area (Å²) in [7, 11) is 0. The van der Waals surface area contributed by atoms with Gasteiger partial charge in [-0.3, -0.25) is 9.69 Å². The summed E-state index contributed by atoms with van der Waals surface area (Å²) in [6, 6.07) is 1.04. The summed E-state index contributed by atoms with van der Waals surface area (Å²) in [6.07, 6.45) is 9.75. The molecule has 0 aromatic heterocycles. The molecular weight excluding hydrogens is 238 g/mol. The first-order chi connectivity index (χ1) is 9.22. The van der Waals surface area contributed by atoms with Gasteiger partial charge < -0.3 is 11.1 Å². The van der Waals surface area contributed by atoms with Crippen molar-refractivity contribution < 1.29 is 4.79 Å². The van der Waals surface area contributed by atoms with Crippen molar-refractivity contribution in [1.29, 1.82) is 0 Å². The first-order valence-electron chi connectivity index (χ1n) is 7.98. The fourth-order valence-electron chi connectivity index (χ4n) is 3.08. The molecule has 4 nitrogen and oxygen atoms in total. The predicted octanol–water partition coefficient (Wildman–Crippen LogP) is 1.64. The zero-order valence-electron chi connectivity index (χ0n) is 12.2. The quantitative estimate of drug-likeness (QED) is 0.737. The summed E-state index contributed by atoms with van der Waals surface area (Å²) in [5.41, 5.74) is 5.65. The molecule has 0 bridgehead atoms. The lowest BCUT2D eigenvalue weighted by molar-refractivity contribution is -0.127. The molecule has 0 aromatic rings. The van der Waals surface area contributed by atoms with Crippen LogP contribution in [0.1, 0.15) is 58.3 Å². The second kappa shape index (κ2) is 7.25. The van der Waals surface area contributed by atoms with E-state index in [1.165, 1.54) is 32.1 Å². The van der Waals surface area contributed by atoms with E-state index in [1.54, 1.807) is 0 Å². The first-order valence-corrected chi connectivity index (χ1v) is 7.98. The van der Waals surface area contributed by atoms with E-state index in [0.717, 1.165) is 25.8 Å². The zero-order chi connectivity index (χ0) is 13.7. The first kappa shape index (κ1) is 14.8. The molecule has 110 valence electrons. The number of hydrogen-bond acceptors (Lipinski definition) is 3. The van der Waals surface area contributed by atoms with Crippen LogP contribution in [-0.4, -0.2) is 42.0 Å². The highest BCUT2D eigenvalue weighted by Crippen LogP contribution is 2.25. The minimum Gasteiger partial charge on any atom is -0.352 e. The zero-order valence-corrected chi connectivity index (χ0v) is 12.2. The van der Waals surface area contributed by atoms with E-state index in [1.807, 2.05) is 0 Å². The second-order valence-electron chi connectivity index (χ2n) is 6.13. The third-order valence-corrected chi connectivity index (χ3v) is 4.46. The van der Waals surface area contributed by atoms with E-state index >= 15 is 0 Å². The second-order valence-corrected chi connectivity index (χ2v) is 6.13. The molecule has 2 rings (SSSR count). The van der Waals surface area contributed by atoms with E-state index in [-0.39, 0.29) is 11.9 Å². The van der Waals surface area contributed by atoms with Crippen LogP contribution in [0.15, 0.2) is 0 Å². The van der Waals surface area contributed by atoms with E-state index in [9.17, 15) is 4.79 Å². The Morgan fingerprint density at radius 3 is 2.53 bits per heavy atom. The van der Waals surface area contributed by atoms with Crippen LogP contribution in [0.3, 0.4) is 0 Å². The van der Waals surface area contributed by atoms with Crippen molar-refractivity contribution in [3.63, 3.8) is 0 Å². The van der Waals surface area contributed by atoms with Gasteiger partial charge in [0.15, 0.2) is 0 Å². The Bertz CT molecular complexity index is 285. The minimum atomic E-state index is -0.00440. The van der Waals surface area contributed by atoms with Crippen molar-refractivity contribution in [2.24, 2.45) is 5.73 Å². The van der Waals surface area contributed by atoms with E-state index < -0.39 is 0 Å². The van der Waals surface area contributed by atoms with Crippen LogP contribution in [0.2, 0.25) is 0 Å². The highest BCUT2D eigenvalue weighted by Gasteiger charge is 2.31. The molecule has 19 heavy (non-hydrogen) atoms. The number of carbonyl (C=O) groups is 1. The SMILES string of the molecule is CC(C(=O)NC1CC1)N(CCCN)C1CCCCC1. The molecule has 2 aliphatic rings. The van der Waals surface area contributed by atoms with Crippen LogP contribution in [0, 0.1) is 0 Å². The number of hydrogen-bond donors (Lipinski definition) is 2. The molecule has 0 aromatic carbocycles. The molecule has 0 radical (unpaired) electrons. The molecule has 0 heterocycles. The van der Waals surface area contributed by atoms with Gasteiger partial charge in [0, 0.05) is 18.6 Å². The van der Waals surface area contributed by atoms with Crippen molar-refractivity contribution in [1.82, 2.24) is 10.2 Å². The Balaban J connectivity index is 1.91. The molecule has 2 saturated carbocycles. The van der Waals surface area contributed by atoms with Crippen LogP contribution < -0.4 is 11.1 Å². The Morgan fingerprint density at radius 2 is 1.95 bits per heavy atom. The standard InChI is InChI=1S/C15H29N3O/c1-12(15(19)17-13-8-9-13)18(11-5-10-16)14-6-3-2-4-7-14/h12-14H,2-11,16H2,1H3,(H,17,19). The molecule has 3 N–H and O–H groups in total. The van der Waals surface area contributed by atoms with Crippen LogP contribution in [0.4, 0.5) is 0 Å². The van der Waals surface area contributed by atoms with Crippen LogP contribution in [0.25, 0.3) is 0 Å². The van der Waals surface area contributed by atoms with Gasteiger partial charge in [-0.1, -0.05) is 19.3 Å². The van der Waals surface area contributed by atoms with Gasteiger partial charge in [-0.25, -0.2) is 0 Å². The Kier molecular flexibility index (Phi) is 5.64. The number of nitrogens with one attached hydrogen (secondary N) is 1. The average molecular weight is 267 g/mol. The average Bonchev–Trinajstić information content (AvgIpc) is 3.24. The van der Waals surface area contributed by atoms with Crippen molar-refractivity contribution in [3.05, 3.63) is 0 Å². The molecule has 2 aliphatic carbocycles. The molecule has 1 atom stereocenters. The van der Waals surface area contributed by atoms with Gasteiger partial charge in [0.2, 0.25) is 5.91 Å². The molecule has 4 heteroatoms. The Labute approximate surface area is 117 Å². The summed E-state index contributed by atoms with van der Waals surface area (Å²) in [5.74, 6) is 0.213. The molecule has 0 saturated heterocycles. The summed E-state index contributed by atoms with van der Waals surface area (Å²) in [5, 5.41) is 3.14. The minimum absolute atomic E-state index is 0.00440. The predicted molar refractivity (Wildman–Crippen MR) is 77.9 cm³/mol. The normalized spacial score (nSPS) is 22.5. The van der Waals surface area contributed by atoms with Crippen molar-refractivity contribution >= 4 is 5.91 Å². The van der Waals surface area contributed by atoms with Crippen LogP contribution in [0.5, 0.6) is 0 Å². The highest BCUT2D eigenvalue weighted by molar-refractivity contribution is 5.81. The lowest BCUT2D eigenvalue weighted by Gasteiger charge is -2.38. The van der Waals surface area contributed by atoms with Crippen LogP contribution in [-0.2, 0) is 4.79 Å². The summed E-state index contributed by atoms with van der Waals surface area (Å²) in [6.45, 7) is 3.73. The van der Waals surface area contributed by atoms with Gasteiger partial charge in [-0.05, 0) is 45.6 Å². The Morgan fingerprint density at radius 1 is 1.26 bits per heavy atom. The third kappa shape index (κ3) is 4.46. The van der Waals surface area contributed by atoms with E-state index in [2.05, 4.69) is 17.1 Å². The van der Waals surface area contributed by atoms with Gasteiger partial charge in [0.05, 0.1) is 6.04 Å². The molecule has 0 spiro atoms. The van der Waals surface area contributed by atoms with Gasteiger partial charge in [-0.2, -0.15) is 0 Å². The number of rotatable bonds is 7. The summed E-state index contributed by atoms with van der Waals surface area (Å²) < 4.78 is 0. The third-order valence-electron chi connectivity index (χ3n) is 4.46. The fourth-order valence-corrected chi connectivity index (χ4v) is 3.08. The van der Waals surface area contributed by atoms with Crippen LogP contribution >= 0.6 is 0 Å². The lowest BCUT2D eigenvalue weighted by Crippen LogP contribution is -2.51. The van der Waals surface area contributed by atoms with Gasteiger partial charge in [0.25, 0.3) is 0 Å². The number of carbonyl (C=O) groups excluding carboxylic acids is 1. The smallest absolute Gasteiger partial charge is 0.237 e. The van der Waals surface area contributed by atoms with E-state index in [0.29, 0.717) is 18.6 Å². The fraction of sp³-hybridized carbons (Fsp3) is 0.933. The maximum atomic E-state index is 12.3. The summed E-state index contributed by atoms with van der Waals surface area (Å²) >= 11 is 0. The molecule has 1 amide bonds.